The third kappa shape index (κ3) is 6.41. The van der Waals surface area contributed by atoms with E-state index in [1.165, 1.54) is 18.5 Å². The highest BCUT2D eigenvalue weighted by Crippen LogP contribution is 2.38. The lowest BCUT2D eigenvalue weighted by Gasteiger charge is -2.35. The van der Waals surface area contributed by atoms with Crippen molar-refractivity contribution in [3.63, 3.8) is 0 Å². The zero-order chi connectivity index (χ0) is 25.6. The van der Waals surface area contributed by atoms with E-state index in [-0.39, 0.29) is 17.4 Å². The van der Waals surface area contributed by atoms with Gasteiger partial charge in [0.15, 0.2) is 17.7 Å². The van der Waals surface area contributed by atoms with Gasteiger partial charge in [-0.15, -0.1) is 0 Å². The van der Waals surface area contributed by atoms with Crippen molar-refractivity contribution in [2.24, 2.45) is 0 Å². The number of aromatic nitrogens is 2. The number of anilines is 2. The largest absolute Gasteiger partial charge is 0.486 e. The lowest BCUT2D eigenvalue weighted by Crippen LogP contribution is -2.46. The summed E-state index contributed by atoms with van der Waals surface area (Å²) in [6.45, 7) is 6.54. The van der Waals surface area contributed by atoms with Crippen LogP contribution in [0.5, 0.6) is 11.5 Å². The first-order valence-corrected chi connectivity index (χ1v) is 13.2. The summed E-state index contributed by atoms with van der Waals surface area (Å²) in [5.74, 6) is 1.38. The van der Waals surface area contributed by atoms with Crippen molar-refractivity contribution in [2.45, 2.75) is 44.9 Å². The molecule has 5 rings (SSSR count). The highest BCUT2D eigenvalue weighted by Gasteiger charge is 2.25. The average molecular weight is 531 g/mol. The quantitative estimate of drug-likeness (QED) is 0.385. The van der Waals surface area contributed by atoms with E-state index in [1.54, 1.807) is 6.07 Å². The van der Waals surface area contributed by atoms with Crippen molar-refractivity contribution in [1.82, 2.24) is 14.9 Å². The van der Waals surface area contributed by atoms with Gasteiger partial charge in [0, 0.05) is 43.1 Å². The fraction of sp³-hybridized carbons (Fsp3) is 0.481. The number of nitrogens with zero attached hydrogens (tertiary/aromatic N) is 3. The van der Waals surface area contributed by atoms with Crippen molar-refractivity contribution in [2.75, 3.05) is 44.8 Å². The first-order chi connectivity index (χ1) is 18.1. The van der Waals surface area contributed by atoms with Gasteiger partial charge in [0.1, 0.15) is 24.1 Å². The van der Waals surface area contributed by atoms with E-state index in [1.807, 2.05) is 12.1 Å². The van der Waals surface area contributed by atoms with Gasteiger partial charge in [0.05, 0.1) is 37.0 Å². The smallest absolute Gasteiger partial charge is 0.165 e. The number of hydrogen-bond donors (Lipinski definition) is 1. The highest BCUT2D eigenvalue weighted by molar-refractivity contribution is 6.31. The number of nitrogens with one attached hydrogen (secondary N) is 1. The fourth-order valence-corrected chi connectivity index (χ4v) is 4.79. The minimum atomic E-state index is -0.476. The zero-order valence-corrected chi connectivity index (χ0v) is 21.7. The molecule has 2 aliphatic heterocycles. The second-order valence-corrected chi connectivity index (χ2v) is 9.64. The van der Waals surface area contributed by atoms with E-state index >= 15 is 0 Å². The molecule has 0 bridgehead atoms. The Bertz CT molecular complexity index is 1200. The van der Waals surface area contributed by atoms with Gasteiger partial charge in [-0.2, -0.15) is 0 Å². The molecule has 0 spiro atoms. The monoisotopic (exact) mass is 530 g/mol. The van der Waals surface area contributed by atoms with Crippen LogP contribution in [0.3, 0.4) is 0 Å². The number of halogens is 2. The van der Waals surface area contributed by atoms with E-state index in [9.17, 15) is 4.39 Å². The zero-order valence-electron chi connectivity index (χ0n) is 20.9. The first kappa shape index (κ1) is 25.9. The van der Waals surface area contributed by atoms with Crippen LogP contribution in [0.15, 0.2) is 36.7 Å². The molecule has 1 unspecified atom stereocenters. The molecule has 37 heavy (non-hydrogen) atoms. The first-order valence-electron chi connectivity index (χ1n) is 12.8. The summed E-state index contributed by atoms with van der Waals surface area (Å²) in [5.41, 5.74) is 1.33. The van der Waals surface area contributed by atoms with Gasteiger partial charge in [-0.05, 0) is 30.7 Å². The van der Waals surface area contributed by atoms with Crippen LogP contribution in [-0.4, -0.2) is 66.7 Å². The third-order valence-corrected chi connectivity index (χ3v) is 6.89. The highest BCUT2D eigenvalue weighted by atomic mass is 35.5. The maximum atomic E-state index is 13.7. The molecule has 10 heteroatoms. The molecule has 1 N–H and O–H groups in total. The molecule has 2 aliphatic rings. The van der Waals surface area contributed by atoms with Crippen LogP contribution in [0.2, 0.25) is 5.02 Å². The van der Waals surface area contributed by atoms with E-state index in [0.717, 1.165) is 44.2 Å². The Morgan fingerprint density at radius 2 is 1.86 bits per heavy atom. The molecular weight excluding hydrogens is 499 g/mol. The molecule has 8 nitrogen and oxygen atoms in total. The Morgan fingerprint density at radius 3 is 2.62 bits per heavy atom. The second-order valence-electron chi connectivity index (χ2n) is 9.23. The van der Waals surface area contributed by atoms with Crippen molar-refractivity contribution in [3.05, 3.63) is 47.5 Å². The lowest BCUT2D eigenvalue weighted by atomic mass is 10.1. The average Bonchev–Trinajstić information content (AvgIpc) is 2.92. The Kier molecular flexibility index (Phi) is 8.55. The van der Waals surface area contributed by atoms with Gasteiger partial charge in [-0.25, -0.2) is 14.4 Å². The molecule has 3 heterocycles. The summed E-state index contributed by atoms with van der Waals surface area (Å²) in [6, 6.07) is 8.30. The van der Waals surface area contributed by atoms with Crippen LogP contribution in [-0.2, 0) is 9.47 Å². The van der Waals surface area contributed by atoms with Gasteiger partial charge < -0.3 is 24.3 Å². The number of fused-ring (bicyclic) bond motifs is 1. The Labute approximate surface area is 221 Å². The number of morpholine rings is 1. The second kappa shape index (κ2) is 12.2. The maximum Gasteiger partial charge on any atom is 0.165 e. The summed E-state index contributed by atoms with van der Waals surface area (Å²) in [7, 11) is 0. The molecule has 2 aromatic carbocycles. The van der Waals surface area contributed by atoms with Crippen LogP contribution in [0.1, 0.15) is 32.6 Å². The van der Waals surface area contributed by atoms with Gasteiger partial charge in [-0.1, -0.05) is 24.9 Å². The minimum Gasteiger partial charge on any atom is -0.486 e. The number of ether oxygens (including phenoxy) is 4. The predicted molar refractivity (Wildman–Crippen MR) is 140 cm³/mol. The van der Waals surface area contributed by atoms with Gasteiger partial charge in [0.25, 0.3) is 0 Å². The van der Waals surface area contributed by atoms with Crippen molar-refractivity contribution in [1.29, 1.82) is 0 Å². The summed E-state index contributed by atoms with van der Waals surface area (Å²) >= 11 is 5.98. The van der Waals surface area contributed by atoms with E-state index in [4.69, 9.17) is 30.5 Å². The summed E-state index contributed by atoms with van der Waals surface area (Å²) in [6.07, 6.45) is 4.92. The molecule has 3 aromatic rings. The molecule has 0 saturated carbocycles. The molecule has 2 fully saturated rings. The standard InChI is InChI=1S/C27H32ClFN4O4/c1-2-3-26(33-8-12-35-13-9-33)37-25-16-23-20(15-24(25)36-19-6-10-34-11-7-19)27(31-17-30-23)32-18-4-5-22(29)21(28)14-18/h4-5,14-17,19,26H,2-3,6-13H2,1H3,(H,30,31,32). The van der Waals surface area contributed by atoms with Crippen LogP contribution in [0.25, 0.3) is 10.9 Å². The molecule has 2 saturated heterocycles. The van der Waals surface area contributed by atoms with E-state index in [2.05, 4.69) is 27.1 Å². The van der Waals surface area contributed by atoms with Crippen LogP contribution in [0, 0.1) is 5.82 Å². The Morgan fingerprint density at radius 1 is 1.08 bits per heavy atom. The summed E-state index contributed by atoms with van der Waals surface area (Å²) in [5, 5.41) is 4.03. The topological polar surface area (TPSA) is 78.0 Å². The SMILES string of the molecule is CCCC(Oc1cc2ncnc(Nc3ccc(F)c(Cl)c3)c2cc1OC1CCOCC1)N1CCOCC1. The number of benzene rings is 2. The minimum absolute atomic E-state index is 0.0264. The Balaban J connectivity index is 1.50. The van der Waals surface area contributed by atoms with Crippen LogP contribution < -0.4 is 14.8 Å². The van der Waals surface area contributed by atoms with Crippen molar-refractivity contribution >= 4 is 34.0 Å². The van der Waals surface area contributed by atoms with Crippen LogP contribution in [0.4, 0.5) is 15.9 Å². The molecular formula is C27H32ClFN4O4. The van der Waals surface area contributed by atoms with Gasteiger partial charge in [-0.3, -0.25) is 4.90 Å². The number of hydrogen-bond acceptors (Lipinski definition) is 8. The normalized spacial score (nSPS) is 18.0. The summed E-state index contributed by atoms with van der Waals surface area (Å²) < 4.78 is 37.9. The van der Waals surface area contributed by atoms with Crippen molar-refractivity contribution in [3.8, 4) is 11.5 Å². The fourth-order valence-electron chi connectivity index (χ4n) is 4.61. The predicted octanol–water partition coefficient (Wildman–Crippen LogP) is 5.56. The maximum absolute atomic E-state index is 13.7. The van der Waals surface area contributed by atoms with Crippen LogP contribution >= 0.6 is 11.6 Å². The molecule has 1 atom stereocenters. The molecule has 0 radical (unpaired) electrons. The molecule has 1 aromatic heterocycles. The van der Waals surface area contributed by atoms with E-state index < -0.39 is 5.82 Å². The Hall–Kier alpha value is -2.72. The van der Waals surface area contributed by atoms with Crippen molar-refractivity contribution < 1.29 is 23.3 Å². The number of rotatable bonds is 9. The van der Waals surface area contributed by atoms with E-state index in [0.29, 0.717) is 54.9 Å². The molecule has 0 amide bonds. The van der Waals surface area contributed by atoms with Gasteiger partial charge >= 0.3 is 0 Å². The lowest BCUT2D eigenvalue weighted by molar-refractivity contribution is -0.0507. The van der Waals surface area contributed by atoms with Gasteiger partial charge in [0.2, 0.25) is 0 Å². The molecule has 198 valence electrons. The summed E-state index contributed by atoms with van der Waals surface area (Å²) in [4.78, 5) is 11.3. The third-order valence-electron chi connectivity index (χ3n) is 6.60. The molecule has 0 aliphatic carbocycles.